The molecule has 0 heterocycles. The number of ketones is 2. The highest BCUT2D eigenvalue weighted by Gasteiger charge is 2.17. The molecule has 1 aromatic carbocycles. The molecule has 0 amide bonds. The first-order chi connectivity index (χ1) is 7.45. The maximum atomic E-state index is 11.7. The van der Waals surface area contributed by atoms with Crippen molar-refractivity contribution in [3.8, 4) is 5.75 Å². The zero-order chi connectivity index (χ0) is 12.3. The molecule has 0 aliphatic rings. The molecule has 0 unspecified atom stereocenters. The van der Waals surface area contributed by atoms with E-state index in [1.54, 1.807) is 0 Å². The zero-order valence-electron chi connectivity index (χ0n) is 8.84. The molecule has 0 atom stereocenters. The van der Waals surface area contributed by atoms with Crippen LogP contribution in [0.1, 0.15) is 23.7 Å². The molecule has 0 fully saturated rings. The van der Waals surface area contributed by atoms with E-state index < -0.39 is 0 Å². The highest BCUT2D eigenvalue weighted by atomic mass is 35.5. The molecule has 0 aliphatic heterocycles. The van der Waals surface area contributed by atoms with Crippen LogP contribution in [0.4, 0.5) is 0 Å². The smallest absolute Gasteiger partial charge is 0.174 e. The number of hydrogen-bond donors (Lipinski definition) is 0. The third-order valence-electron chi connectivity index (χ3n) is 1.92. The number of methoxy groups -OCH3 is 1. The van der Waals surface area contributed by atoms with Gasteiger partial charge in [0.25, 0.3) is 0 Å². The van der Waals surface area contributed by atoms with Crippen LogP contribution in [0.2, 0.25) is 10.0 Å². The Morgan fingerprint density at radius 1 is 1.31 bits per heavy atom. The zero-order valence-corrected chi connectivity index (χ0v) is 10.4. The quantitative estimate of drug-likeness (QED) is 0.617. The number of carbonyl (C=O) groups is 2. The van der Waals surface area contributed by atoms with E-state index in [4.69, 9.17) is 27.9 Å². The summed E-state index contributed by atoms with van der Waals surface area (Å²) in [7, 11) is 1.40. The van der Waals surface area contributed by atoms with Crippen molar-refractivity contribution in [2.45, 2.75) is 13.3 Å². The summed E-state index contributed by atoms with van der Waals surface area (Å²) in [5, 5.41) is 0.583. The van der Waals surface area contributed by atoms with Crippen LogP contribution in [0.15, 0.2) is 12.1 Å². The Balaban J connectivity index is 3.20. The number of hydrogen-bond acceptors (Lipinski definition) is 3. The van der Waals surface area contributed by atoms with E-state index in [0.29, 0.717) is 5.02 Å². The number of ether oxygens (including phenoxy) is 1. The lowest BCUT2D eigenvalue weighted by Gasteiger charge is -2.09. The van der Waals surface area contributed by atoms with E-state index in [2.05, 4.69) is 0 Å². The van der Waals surface area contributed by atoms with Gasteiger partial charge in [0, 0.05) is 5.02 Å². The van der Waals surface area contributed by atoms with Gasteiger partial charge in [0.15, 0.2) is 5.78 Å². The molecule has 0 saturated carbocycles. The molecule has 16 heavy (non-hydrogen) atoms. The van der Waals surface area contributed by atoms with Crippen LogP contribution in [0.3, 0.4) is 0 Å². The molecule has 1 rings (SSSR count). The lowest BCUT2D eigenvalue weighted by atomic mass is 10.1. The summed E-state index contributed by atoms with van der Waals surface area (Å²) in [5.41, 5.74) is 0.232. The summed E-state index contributed by atoms with van der Waals surface area (Å²) in [6.07, 6.45) is -0.187. The van der Waals surface area contributed by atoms with E-state index in [-0.39, 0.29) is 34.3 Å². The van der Waals surface area contributed by atoms with Crippen molar-refractivity contribution >= 4 is 34.8 Å². The maximum Gasteiger partial charge on any atom is 0.174 e. The van der Waals surface area contributed by atoms with Crippen LogP contribution < -0.4 is 4.74 Å². The predicted octanol–water partition coefficient (Wildman–Crippen LogP) is 3.16. The van der Waals surface area contributed by atoms with Gasteiger partial charge in [-0.15, -0.1) is 0 Å². The van der Waals surface area contributed by atoms with Crippen LogP contribution in [0, 0.1) is 0 Å². The van der Waals surface area contributed by atoms with Gasteiger partial charge in [-0.2, -0.15) is 0 Å². The first-order valence-corrected chi connectivity index (χ1v) is 5.27. The molecule has 0 spiro atoms. The molecule has 5 heteroatoms. The third-order valence-corrected chi connectivity index (χ3v) is 2.42. The summed E-state index contributed by atoms with van der Waals surface area (Å²) in [6.45, 7) is 1.34. The number of benzene rings is 1. The number of rotatable bonds is 4. The van der Waals surface area contributed by atoms with Crippen LogP contribution in [-0.4, -0.2) is 18.7 Å². The fourth-order valence-electron chi connectivity index (χ4n) is 1.30. The van der Waals surface area contributed by atoms with Gasteiger partial charge in [-0.1, -0.05) is 23.2 Å². The van der Waals surface area contributed by atoms with Crippen LogP contribution in [0.25, 0.3) is 0 Å². The van der Waals surface area contributed by atoms with Crippen molar-refractivity contribution in [1.29, 1.82) is 0 Å². The summed E-state index contributed by atoms with van der Waals surface area (Å²) in [5.74, 6) is -0.325. The van der Waals surface area contributed by atoms with Crippen molar-refractivity contribution in [3.63, 3.8) is 0 Å². The molecule has 0 N–H and O–H groups in total. The molecule has 0 aromatic heterocycles. The minimum atomic E-state index is -0.353. The predicted molar refractivity (Wildman–Crippen MR) is 62.6 cm³/mol. The molecule has 86 valence electrons. The first-order valence-electron chi connectivity index (χ1n) is 4.51. The van der Waals surface area contributed by atoms with Gasteiger partial charge in [-0.3, -0.25) is 9.59 Å². The third kappa shape index (κ3) is 2.97. The van der Waals surface area contributed by atoms with Crippen molar-refractivity contribution in [2.75, 3.05) is 7.11 Å². The van der Waals surface area contributed by atoms with Crippen LogP contribution >= 0.6 is 23.2 Å². The van der Waals surface area contributed by atoms with E-state index in [9.17, 15) is 9.59 Å². The Labute approximate surface area is 103 Å². The highest BCUT2D eigenvalue weighted by molar-refractivity contribution is 6.36. The maximum absolute atomic E-state index is 11.7. The minimum Gasteiger partial charge on any atom is -0.494 e. The topological polar surface area (TPSA) is 43.4 Å². The summed E-state index contributed by atoms with van der Waals surface area (Å²) in [6, 6.07) is 2.92. The number of Topliss-reactive ketones (excluding diaryl/α,β-unsaturated/α-hetero) is 2. The largest absolute Gasteiger partial charge is 0.494 e. The number of halogens is 2. The fraction of sp³-hybridized carbons (Fsp3) is 0.273. The monoisotopic (exact) mass is 260 g/mol. The van der Waals surface area contributed by atoms with Crippen LogP contribution in [0.5, 0.6) is 5.75 Å². The second kappa shape index (κ2) is 5.32. The van der Waals surface area contributed by atoms with Gasteiger partial charge in [0.05, 0.1) is 24.1 Å². The van der Waals surface area contributed by atoms with Gasteiger partial charge in [-0.25, -0.2) is 0 Å². The Hall–Kier alpha value is -1.06. The van der Waals surface area contributed by atoms with E-state index in [1.807, 2.05) is 0 Å². The fourth-order valence-corrected chi connectivity index (χ4v) is 1.87. The highest BCUT2D eigenvalue weighted by Crippen LogP contribution is 2.32. The molecule has 0 aliphatic carbocycles. The molecule has 3 nitrogen and oxygen atoms in total. The Bertz CT molecular complexity index is 441. The summed E-state index contributed by atoms with van der Waals surface area (Å²) < 4.78 is 5.01. The standard InChI is InChI=1S/C11H10Cl2O3/c1-6(14)3-10(15)8-4-7(12)5-9(13)11(8)16-2/h4-5H,3H2,1-2H3. The molecular weight excluding hydrogens is 251 g/mol. The minimum absolute atomic E-state index is 0.187. The normalized spacial score (nSPS) is 10.0. The van der Waals surface area contributed by atoms with E-state index in [1.165, 1.54) is 26.2 Å². The van der Waals surface area contributed by atoms with Gasteiger partial charge in [0.2, 0.25) is 0 Å². The van der Waals surface area contributed by atoms with Gasteiger partial charge >= 0.3 is 0 Å². The van der Waals surface area contributed by atoms with Crippen LogP contribution in [-0.2, 0) is 4.79 Å². The lowest BCUT2D eigenvalue weighted by Crippen LogP contribution is -2.07. The van der Waals surface area contributed by atoms with Gasteiger partial charge < -0.3 is 4.74 Å². The Morgan fingerprint density at radius 2 is 1.94 bits per heavy atom. The summed E-state index contributed by atoms with van der Waals surface area (Å²) in [4.78, 5) is 22.6. The number of carbonyl (C=O) groups excluding carboxylic acids is 2. The van der Waals surface area contributed by atoms with E-state index in [0.717, 1.165) is 0 Å². The second-order valence-electron chi connectivity index (χ2n) is 3.27. The average molecular weight is 261 g/mol. The average Bonchev–Trinajstić information content (AvgIpc) is 2.15. The first kappa shape index (κ1) is 13.0. The Kier molecular flexibility index (Phi) is 4.33. The molecule has 1 aromatic rings. The lowest BCUT2D eigenvalue weighted by molar-refractivity contribution is -0.116. The van der Waals surface area contributed by atoms with Crippen molar-refractivity contribution in [3.05, 3.63) is 27.7 Å². The Morgan fingerprint density at radius 3 is 2.44 bits per heavy atom. The second-order valence-corrected chi connectivity index (χ2v) is 4.11. The molecular formula is C11H10Cl2O3. The van der Waals surface area contributed by atoms with E-state index >= 15 is 0 Å². The van der Waals surface area contributed by atoms with Crippen molar-refractivity contribution in [1.82, 2.24) is 0 Å². The molecule has 0 saturated heterocycles. The summed E-state index contributed by atoms with van der Waals surface area (Å²) >= 11 is 11.7. The van der Waals surface area contributed by atoms with Gasteiger partial charge in [0.1, 0.15) is 11.5 Å². The molecule has 0 radical (unpaired) electrons. The van der Waals surface area contributed by atoms with Crippen molar-refractivity contribution < 1.29 is 14.3 Å². The van der Waals surface area contributed by atoms with Gasteiger partial charge in [-0.05, 0) is 19.1 Å². The SMILES string of the molecule is COc1c(Cl)cc(Cl)cc1C(=O)CC(C)=O. The molecule has 0 bridgehead atoms. The van der Waals surface area contributed by atoms with Crippen molar-refractivity contribution in [2.24, 2.45) is 0 Å².